The molecule has 4 heteroatoms. The van der Waals surface area contributed by atoms with E-state index in [1.54, 1.807) is 0 Å². The smallest absolute Gasteiger partial charge is 0.247 e. The highest BCUT2D eigenvalue weighted by molar-refractivity contribution is 6.73. The first-order chi connectivity index (χ1) is 12.9. The molecule has 0 aromatic rings. The fraction of sp³-hybridized carbons (Fsp3) is 1.00. The fourth-order valence-corrected chi connectivity index (χ4v) is 11.4. The molecule has 0 aromatic heterocycles. The fourth-order valence-electron chi connectivity index (χ4n) is 4.14. The summed E-state index contributed by atoms with van der Waals surface area (Å²) < 4.78 is 30.5. The molecule has 0 amide bonds. The maximum absolute atomic E-state index is 15.2. The van der Waals surface area contributed by atoms with Crippen LogP contribution in [0.5, 0.6) is 0 Å². The molecule has 0 rings (SSSR count). The van der Waals surface area contributed by atoms with Crippen LogP contribution in [-0.2, 0) is 0 Å². The predicted octanol–water partition coefficient (Wildman–Crippen LogP) is 9.97. The number of rotatable bonds is 20. The van der Waals surface area contributed by atoms with Crippen molar-refractivity contribution in [2.45, 2.75) is 147 Å². The quantitative estimate of drug-likeness (QED) is 0.104. The first-order valence-corrected chi connectivity index (χ1v) is 17.3. The van der Waals surface area contributed by atoms with E-state index in [4.69, 9.17) is 0 Å². The molecule has 0 nitrogen and oxygen atoms in total. The lowest BCUT2D eigenvalue weighted by Gasteiger charge is -2.23. The zero-order valence-corrected chi connectivity index (χ0v) is 21.2. The van der Waals surface area contributed by atoms with Gasteiger partial charge in [-0.3, -0.25) is 0 Å². The van der Waals surface area contributed by atoms with E-state index < -0.39 is 16.8 Å². The third-order valence-corrected chi connectivity index (χ3v) is 13.7. The van der Waals surface area contributed by atoms with Gasteiger partial charge in [-0.1, -0.05) is 111 Å². The Morgan fingerprint density at radius 3 is 0.852 bits per heavy atom. The van der Waals surface area contributed by atoms with Crippen LogP contribution in [0, 0.1) is 0 Å². The Balaban J connectivity index is 4.03. The Bertz CT molecular complexity index is 278. The van der Waals surface area contributed by atoms with Crippen molar-refractivity contribution in [1.82, 2.24) is 0 Å². The van der Waals surface area contributed by atoms with E-state index in [1.807, 2.05) is 0 Å². The van der Waals surface area contributed by atoms with Crippen LogP contribution < -0.4 is 0 Å². The Labute approximate surface area is 172 Å². The van der Waals surface area contributed by atoms with E-state index in [2.05, 4.69) is 27.7 Å². The molecule has 0 aliphatic carbocycles. The summed E-state index contributed by atoms with van der Waals surface area (Å²) >= 11 is 0. The summed E-state index contributed by atoms with van der Waals surface area (Å²) in [5.74, 6) is 0. The van der Waals surface area contributed by atoms with Gasteiger partial charge in [0.15, 0.2) is 0 Å². The third-order valence-electron chi connectivity index (χ3n) is 6.16. The van der Waals surface area contributed by atoms with Crippen LogP contribution in [0.1, 0.15) is 111 Å². The van der Waals surface area contributed by atoms with Gasteiger partial charge in [-0.15, -0.1) is 0 Å². The van der Waals surface area contributed by atoms with Crippen LogP contribution in [0.2, 0.25) is 36.3 Å². The van der Waals surface area contributed by atoms with Gasteiger partial charge in [0.2, 0.25) is 16.8 Å². The van der Waals surface area contributed by atoms with Gasteiger partial charge in [-0.25, -0.2) is 0 Å². The molecule has 0 radical (unpaired) electrons. The lowest BCUT2D eigenvalue weighted by atomic mass is 10.2. The molecule has 0 atom stereocenters. The summed E-state index contributed by atoms with van der Waals surface area (Å²) in [6, 6.07) is 5.29. The summed E-state index contributed by atoms with van der Waals surface area (Å²) in [7, 11) is -4.95. The summed E-state index contributed by atoms with van der Waals surface area (Å²) in [4.78, 5) is 0. The lowest BCUT2D eigenvalue weighted by molar-refractivity contribution is 0.610. The maximum Gasteiger partial charge on any atom is 0.247 e. The molecule has 0 bridgehead atoms. The third kappa shape index (κ3) is 14.9. The Kier molecular flexibility index (Phi) is 17.4. The average molecular weight is 421 g/mol. The van der Waals surface area contributed by atoms with Gasteiger partial charge in [-0.05, 0) is 36.3 Å². The van der Waals surface area contributed by atoms with Crippen LogP contribution in [0.3, 0.4) is 0 Å². The first kappa shape index (κ1) is 27.3. The predicted molar refractivity (Wildman–Crippen MR) is 125 cm³/mol. The van der Waals surface area contributed by atoms with Crippen molar-refractivity contribution in [1.29, 1.82) is 0 Å². The molecule has 0 aromatic carbocycles. The van der Waals surface area contributed by atoms with Gasteiger partial charge in [0.05, 0.1) is 0 Å². The Hall–Kier alpha value is 0.294. The van der Waals surface area contributed by atoms with Gasteiger partial charge < -0.3 is 8.22 Å². The molecule has 0 heterocycles. The van der Waals surface area contributed by atoms with Gasteiger partial charge in [0.25, 0.3) is 0 Å². The van der Waals surface area contributed by atoms with Crippen LogP contribution in [0.25, 0.3) is 0 Å². The topological polar surface area (TPSA) is 0 Å². The number of hydrogen-bond acceptors (Lipinski definition) is 0. The number of halogens is 2. The summed E-state index contributed by atoms with van der Waals surface area (Å²) in [6.07, 6.45) is 14.4. The Morgan fingerprint density at radius 2 is 0.593 bits per heavy atom. The monoisotopic (exact) mass is 420 g/mol. The molecule has 164 valence electrons. The summed E-state index contributed by atoms with van der Waals surface area (Å²) in [5.41, 5.74) is 0. The molecule has 0 aliphatic heterocycles. The second-order valence-electron chi connectivity index (χ2n) is 8.98. The minimum Gasteiger partial charge on any atom is -0.314 e. The summed E-state index contributed by atoms with van der Waals surface area (Å²) in [6.45, 7) is 8.68. The van der Waals surface area contributed by atoms with E-state index in [0.717, 1.165) is 113 Å². The molecular formula is C23H50F2Si2. The van der Waals surface area contributed by atoms with Crippen molar-refractivity contribution in [2.24, 2.45) is 0 Å². The minimum atomic E-state index is -2.47. The van der Waals surface area contributed by atoms with Gasteiger partial charge in [0.1, 0.15) is 0 Å². The van der Waals surface area contributed by atoms with Crippen molar-refractivity contribution < 1.29 is 8.22 Å². The molecule has 0 saturated heterocycles. The van der Waals surface area contributed by atoms with Crippen LogP contribution >= 0.6 is 0 Å². The first-order valence-electron chi connectivity index (χ1n) is 12.3. The normalized spacial score (nSPS) is 12.7. The van der Waals surface area contributed by atoms with E-state index in [1.165, 1.54) is 6.42 Å². The molecule has 0 saturated carbocycles. The standard InChI is InChI=1S/C23H50F2Si2/c1-5-9-18-26(24,19-10-6-2)22-16-14-13-15-17-23-27(25,20-11-7-3)21-12-8-4/h5-23H2,1-4H3. The Morgan fingerprint density at radius 1 is 0.370 bits per heavy atom. The van der Waals surface area contributed by atoms with Crippen LogP contribution in [-0.4, -0.2) is 16.8 Å². The molecule has 0 fully saturated rings. The van der Waals surface area contributed by atoms with Crippen LogP contribution in [0.4, 0.5) is 8.22 Å². The molecule has 27 heavy (non-hydrogen) atoms. The molecule has 0 aliphatic rings. The van der Waals surface area contributed by atoms with Crippen LogP contribution in [0.15, 0.2) is 0 Å². The SMILES string of the molecule is CCCC[Si](F)(CCCC)CCCCCCC[Si](F)(CCCC)CCCC. The minimum absolute atomic E-state index is 0.877. The second kappa shape index (κ2) is 17.2. The van der Waals surface area contributed by atoms with Crippen molar-refractivity contribution in [3.8, 4) is 0 Å². The van der Waals surface area contributed by atoms with E-state index in [0.29, 0.717) is 0 Å². The lowest BCUT2D eigenvalue weighted by Crippen LogP contribution is -2.28. The van der Waals surface area contributed by atoms with Crippen molar-refractivity contribution in [2.75, 3.05) is 0 Å². The van der Waals surface area contributed by atoms with Crippen molar-refractivity contribution >= 4 is 16.8 Å². The van der Waals surface area contributed by atoms with Crippen molar-refractivity contribution in [3.63, 3.8) is 0 Å². The number of unbranched alkanes of at least 4 members (excludes halogenated alkanes) is 8. The zero-order valence-electron chi connectivity index (χ0n) is 19.2. The number of hydrogen-bond donors (Lipinski definition) is 0. The maximum atomic E-state index is 15.2. The van der Waals surface area contributed by atoms with Gasteiger partial charge in [0, 0.05) is 0 Å². The highest BCUT2D eigenvalue weighted by atomic mass is 28.4. The molecule has 0 unspecified atom stereocenters. The second-order valence-corrected chi connectivity index (χ2v) is 16.6. The van der Waals surface area contributed by atoms with E-state index in [-0.39, 0.29) is 0 Å². The van der Waals surface area contributed by atoms with E-state index >= 15 is 8.22 Å². The van der Waals surface area contributed by atoms with Gasteiger partial charge in [-0.2, -0.15) is 0 Å². The van der Waals surface area contributed by atoms with Gasteiger partial charge >= 0.3 is 0 Å². The summed E-state index contributed by atoms with van der Waals surface area (Å²) in [5, 5.41) is 0. The highest BCUT2D eigenvalue weighted by Gasteiger charge is 2.33. The molecule has 0 spiro atoms. The molecular weight excluding hydrogens is 370 g/mol. The average Bonchev–Trinajstić information content (AvgIpc) is 2.67. The largest absolute Gasteiger partial charge is 0.314 e. The van der Waals surface area contributed by atoms with Crippen molar-refractivity contribution in [3.05, 3.63) is 0 Å². The van der Waals surface area contributed by atoms with E-state index in [9.17, 15) is 0 Å². The highest BCUT2D eigenvalue weighted by Crippen LogP contribution is 2.31. The molecule has 0 N–H and O–H groups in total. The zero-order chi connectivity index (χ0) is 20.4.